The first-order chi connectivity index (χ1) is 11.5. The van der Waals surface area contributed by atoms with Crippen molar-refractivity contribution in [2.45, 2.75) is 37.1 Å². The SMILES string of the molecule is CC(C)c1ccc(-n2nnnc2SC(C)c2ccc(F)cc2)cc1. The fourth-order valence-electron chi connectivity index (χ4n) is 2.37. The Bertz CT molecular complexity index is 797. The normalized spacial score (nSPS) is 12.5. The van der Waals surface area contributed by atoms with Gasteiger partial charge in [-0.15, -0.1) is 5.10 Å². The van der Waals surface area contributed by atoms with Crippen molar-refractivity contribution in [2.24, 2.45) is 0 Å². The van der Waals surface area contributed by atoms with Gasteiger partial charge >= 0.3 is 0 Å². The quantitative estimate of drug-likeness (QED) is 0.626. The van der Waals surface area contributed by atoms with E-state index in [-0.39, 0.29) is 11.1 Å². The molecule has 0 aliphatic carbocycles. The lowest BCUT2D eigenvalue weighted by Gasteiger charge is -2.12. The van der Waals surface area contributed by atoms with Gasteiger partial charge in [0.25, 0.3) is 0 Å². The third-order valence-electron chi connectivity index (χ3n) is 3.87. The predicted molar refractivity (Wildman–Crippen MR) is 93.9 cm³/mol. The standard InChI is InChI=1S/C18H19FN4S/c1-12(2)14-6-10-17(11-7-14)23-18(20-21-22-23)24-13(3)15-4-8-16(19)9-5-15/h4-13H,1-3H3. The highest BCUT2D eigenvalue weighted by Gasteiger charge is 2.15. The molecule has 0 spiro atoms. The van der Waals surface area contributed by atoms with Gasteiger partial charge in [-0.2, -0.15) is 4.68 Å². The molecule has 0 fully saturated rings. The van der Waals surface area contributed by atoms with Gasteiger partial charge in [0.2, 0.25) is 5.16 Å². The zero-order chi connectivity index (χ0) is 17.1. The number of aromatic nitrogens is 4. The molecular formula is C18H19FN4S. The van der Waals surface area contributed by atoms with Gasteiger partial charge in [-0.05, 0) is 58.7 Å². The summed E-state index contributed by atoms with van der Waals surface area (Å²) < 4.78 is 14.8. The Morgan fingerprint density at radius 2 is 1.54 bits per heavy atom. The minimum absolute atomic E-state index is 0.116. The molecule has 0 N–H and O–H groups in total. The van der Waals surface area contributed by atoms with Crippen molar-refractivity contribution in [3.63, 3.8) is 0 Å². The molecule has 0 aliphatic rings. The maximum absolute atomic E-state index is 13.1. The molecule has 3 aromatic rings. The van der Waals surface area contributed by atoms with Gasteiger partial charge in [0.15, 0.2) is 0 Å². The zero-order valence-electron chi connectivity index (χ0n) is 13.8. The van der Waals surface area contributed by atoms with Crippen LogP contribution in [-0.4, -0.2) is 20.2 Å². The Kier molecular flexibility index (Phi) is 4.94. The molecule has 0 saturated carbocycles. The summed E-state index contributed by atoms with van der Waals surface area (Å²) in [6, 6.07) is 14.8. The molecule has 0 radical (unpaired) electrons. The summed E-state index contributed by atoms with van der Waals surface area (Å²) in [5.41, 5.74) is 3.24. The van der Waals surface area contributed by atoms with Crippen LogP contribution in [0.15, 0.2) is 53.7 Å². The monoisotopic (exact) mass is 342 g/mol. The summed E-state index contributed by atoms with van der Waals surface area (Å²) in [5, 5.41) is 12.8. The maximum Gasteiger partial charge on any atom is 0.214 e. The van der Waals surface area contributed by atoms with Crippen molar-refractivity contribution in [3.05, 3.63) is 65.5 Å². The number of hydrogen-bond donors (Lipinski definition) is 0. The second kappa shape index (κ2) is 7.13. The summed E-state index contributed by atoms with van der Waals surface area (Å²) in [6.45, 7) is 6.38. The number of halogens is 1. The van der Waals surface area contributed by atoms with Gasteiger partial charge in [0, 0.05) is 5.25 Å². The minimum Gasteiger partial charge on any atom is -0.207 e. The summed E-state index contributed by atoms with van der Waals surface area (Å²) >= 11 is 1.55. The number of thioether (sulfide) groups is 1. The molecule has 1 aromatic heterocycles. The highest BCUT2D eigenvalue weighted by molar-refractivity contribution is 7.99. The molecule has 124 valence electrons. The number of tetrazole rings is 1. The van der Waals surface area contributed by atoms with E-state index < -0.39 is 0 Å². The van der Waals surface area contributed by atoms with Gasteiger partial charge in [-0.3, -0.25) is 0 Å². The van der Waals surface area contributed by atoms with E-state index in [1.54, 1.807) is 28.6 Å². The van der Waals surface area contributed by atoms with E-state index in [0.717, 1.165) is 11.3 Å². The van der Waals surface area contributed by atoms with Crippen LogP contribution in [-0.2, 0) is 0 Å². The van der Waals surface area contributed by atoms with Crippen LogP contribution in [0.4, 0.5) is 4.39 Å². The molecule has 3 rings (SSSR count). The third kappa shape index (κ3) is 3.64. The lowest BCUT2D eigenvalue weighted by Crippen LogP contribution is -2.01. The molecule has 1 unspecified atom stereocenters. The topological polar surface area (TPSA) is 43.6 Å². The van der Waals surface area contributed by atoms with E-state index in [1.165, 1.54) is 17.7 Å². The number of nitrogens with zero attached hydrogens (tertiary/aromatic N) is 4. The highest BCUT2D eigenvalue weighted by Crippen LogP contribution is 2.34. The lowest BCUT2D eigenvalue weighted by atomic mass is 10.0. The van der Waals surface area contributed by atoms with E-state index in [2.05, 4.69) is 48.4 Å². The average molecular weight is 342 g/mol. The van der Waals surface area contributed by atoms with Crippen LogP contribution >= 0.6 is 11.8 Å². The lowest BCUT2D eigenvalue weighted by molar-refractivity contribution is 0.627. The van der Waals surface area contributed by atoms with Crippen molar-refractivity contribution in [2.75, 3.05) is 0 Å². The highest BCUT2D eigenvalue weighted by atomic mass is 32.2. The molecule has 6 heteroatoms. The van der Waals surface area contributed by atoms with E-state index in [0.29, 0.717) is 11.1 Å². The van der Waals surface area contributed by atoms with Crippen molar-refractivity contribution < 1.29 is 4.39 Å². The molecule has 1 heterocycles. The van der Waals surface area contributed by atoms with Gasteiger partial charge in [0.05, 0.1) is 5.69 Å². The molecule has 2 aromatic carbocycles. The predicted octanol–water partition coefficient (Wildman–Crippen LogP) is 4.78. The first-order valence-electron chi connectivity index (χ1n) is 7.85. The van der Waals surface area contributed by atoms with E-state index in [9.17, 15) is 4.39 Å². The molecule has 4 nitrogen and oxygen atoms in total. The molecule has 1 atom stereocenters. The van der Waals surface area contributed by atoms with Gasteiger partial charge < -0.3 is 0 Å². The van der Waals surface area contributed by atoms with Crippen molar-refractivity contribution in [1.29, 1.82) is 0 Å². The van der Waals surface area contributed by atoms with Crippen LogP contribution in [0.2, 0.25) is 0 Å². The van der Waals surface area contributed by atoms with Crippen molar-refractivity contribution in [1.82, 2.24) is 20.2 Å². The van der Waals surface area contributed by atoms with Crippen LogP contribution < -0.4 is 0 Å². The molecular weight excluding hydrogens is 323 g/mol. The van der Waals surface area contributed by atoms with Gasteiger partial charge in [-0.25, -0.2) is 4.39 Å². The van der Waals surface area contributed by atoms with Crippen LogP contribution in [0.3, 0.4) is 0 Å². The third-order valence-corrected chi connectivity index (χ3v) is 4.96. The van der Waals surface area contributed by atoms with Crippen LogP contribution in [0, 0.1) is 5.82 Å². The first kappa shape index (κ1) is 16.6. The maximum atomic E-state index is 13.1. The molecule has 0 saturated heterocycles. The fraction of sp³-hybridized carbons (Fsp3) is 0.278. The van der Waals surface area contributed by atoms with Gasteiger partial charge in [0.1, 0.15) is 5.82 Å². The Hall–Kier alpha value is -2.21. The second-order valence-electron chi connectivity index (χ2n) is 5.93. The van der Waals surface area contributed by atoms with Gasteiger partial charge in [-0.1, -0.05) is 49.9 Å². The summed E-state index contributed by atoms with van der Waals surface area (Å²) in [7, 11) is 0. The first-order valence-corrected chi connectivity index (χ1v) is 8.73. The molecule has 0 bridgehead atoms. The largest absolute Gasteiger partial charge is 0.214 e. The Balaban J connectivity index is 1.81. The Labute approximate surface area is 145 Å². The molecule has 0 aliphatic heterocycles. The minimum atomic E-state index is -0.231. The van der Waals surface area contributed by atoms with E-state index in [4.69, 9.17) is 0 Å². The summed E-state index contributed by atoms with van der Waals surface area (Å²) in [5.74, 6) is 0.256. The number of benzene rings is 2. The van der Waals surface area contributed by atoms with E-state index >= 15 is 0 Å². The average Bonchev–Trinajstić information content (AvgIpc) is 3.03. The number of hydrogen-bond acceptors (Lipinski definition) is 4. The van der Waals surface area contributed by atoms with Crippen molar-refractivity contribution >= 4 is 11.8 Å². The second-order valence-corrected chi connectivity index (χ2v) is 7.24. The van der Waals surface area contributed by atoms with Crippen LogP contribution in [0.5, 0.6) is 0 Å². The Morgan fingerprint density at radius 3 is 2.17 bits per heavy atom. The van der Waals surface area contributed by atoms with Crippen LogP contribution in [0.1, 0.15) is 43.1 Å². The Morgan fingerprint density at radius 1 is 0.917 bits per heavy atom. The summed E-state index contributed by atoms with van der Waals surface area (Å²) in [4.78, 5) is 0. The zero-order valence-corrected chi connectivity index (χ0v) is 14.7. The number of rotatable bonds is 5. The molecule has 0 amide bonds. The molecule has 24 heavy (non-hydrogen) atoms. The summed E-state index contributed by atoms with van der Waals surface area (Å²) in [6.07, 6.45) is 0. The van der Waals surface area contributed by atoms with Crippen molar-refractivity contribution in [3.8, 4) is 5.69 Å². The fourth-order valence-corrected chi connectivity index (χ4v) is 3.31. The van der Waals surface area contributed by atoms with E-state index in [1.807, 2.05) is 12.1 Å². The van der Waals surface area contributed by atoms with Crippen LogP contribution in [0.25, 0.3) is 5.69 Å². The smallest absolute Gasteiger partial charge is 0.207 e.